The van der Waals surface area contributed by atoms with Crippen molar-refractivity contribution in [1.82, 2.24) is 0 Å². The zero-order valence-corrected chi connectivity index (χ0v) is 47.8. The Hall–Kier alpha value is -1.40. The predicted octanol–water partition coefficient (Wildman–Crippen LogP) is 20.3. The molecule has 0 spiro atoms. The summed E-state index contributed by atoms with van der Waals surface area (Å²) in [6.45, 7) is 1.21. The van der Waals surface area contributed by atoms with Gasteiger partial charge in [0.1, 0.15) is 13.2 Å². The van der Waals surface area contributed by atoms with E-state index in [-0.39, 0.29) is 19.6 Å². The van der Waals surface area contributed by atoms with Crippen LogP contribution in [0, 0.1) is 11.3 Å². The van der Waals surface area contributed by atoms with E-state index in [1.54, 1.807) is 0 Å². The summed E-state index contributed by atoms with van der Waals surface area (Å²) in [6.07, 6.45) is 78.7. The van der Waals surface area contributed by atoms with Gasteiger partial charge in [0.2, 0.25) is 0 Å². The van der Waals surface area contributed by atoms with Gasteiger partial charge in [0.05, 0.1) is 31.0 Å². The molecule has 6 nitrogen and oxygen atoms in total. The molecule has 1 rings (SSSR count). The highest BCUT2D eigenvalue weighted by atomic mass is 16.6. The van der Waals surface area contributed by atoms with Gasteiger partial charge in [-0.3, -0.25) is 9.59 Å². The fourth-order valence-corrected chi connectivity index (χ4v) is 10.8. The molecule has 1 saturated heterocycles. The van der Waals surface area contributed by atoms with Gasteiger partial charge in [-0.15, -0.1) is 0 Å². The van der Waals surface area contributed by atoms with Crippen LogP contribution in [0.25, 0.3) is 0 Å². The second kappa shape index (κ2) is 54.8. The summed E-state index contributed by atoms with van der Waals surface area (Å²) in [5.41, 5.74) is -1.12. The summed E-state index contributed by atoms with van der Waals surface area (Å²) in [7, 11) is 0. The van der Waals surface area contributed by atoms with Crippen molar-refractivity contribution in [2.24, 2.45) is 11.3 Å². The molecule has 6 heteroatoms. The molecule has 1 unspecified atom stereocenters. The molecule has 71 heavy (non-hydrogen) atoms. The number of carbonyl (C=O) groups excluding carboxylic acids is 2. The molecule has 1 heterocycles. The second-order valence-corrected chi connectivity index (χ2v) is 23.1. The molecule has 420 valence electrons. The molecular weight excluding hydrogens is 877 g/mol. The number of hydrogen-bond acceptors (Lipinski definition) is 6. The number of aliphatic hydroxyl groups excluding tert-OH is 2. The Kier molecular flexibility index (Phi) is 52.2. The zero-order valence-electron chi connectivity index (χ0n) is 47.8. The summed E-state index contributed by atoms with van der Waals surface area (Å²) in [4.78, 5) is 24.7. The van der Waals surface area contributed by atoms with Crippen LogP contribution in [0.15, 0.2) is 12.2 Å². The molecule has 0 radical (unpaired) electrons. The lowest BCUT2D eigenvalue weighted by Crippen LogP contribution is -2.40. The minimum Gasteiger partial charge on any atom is -0.465 e. The standard InChI is InChI=1S/C65H124O6/c1-2-3-4-5-6-7-8-9-10-11-12-13-14-15-16-17-18-19-20-21-22-23-24-25-26-27-28-29-30-31-32-33-34-35-36-37-38-39-40-41-42-43-44-45-46-47-48-49-50-51-52-53-54-55-56-62-57-63(68)70-60-65(58-66,59-67)61-71-64(62)69/h12-13,62,66-67H,2-11,14-61H2,1H3/b13-12+. The Morgan fingerprint density at radius 3 is 0.873 bits per heavy atom. The Morgan fingerprint density at radius 1 is 0.366 bits per heavy atom. The molecule has 1 atom stereocenters. The van der Waals surface area contributed by atoms with Crippen molar-refractivity contribution in [3.8, 4) is 0 Å². The topological polar surface area (TPSA) is 93.1 Å². The van der Waals surface area contributed by atoms with Crippen LogP contribution in [0.2, 0.25) is 0 Å². The summed E-state index contributed by atoms with van der Waals surface area (Å²) >= 11 is 0. The first-order valence-electron chi connectivity index (χ1n) is 32.3. The quantitative estimate of drug-likeness (QED) is 0.0358. The van der Waals surface area contributed by atoms with Crippen molar-refractivity contribution in [3.05, 3.63) is 12.2 Å². The highest BCUT2D eigenvalue weighted by Crippen LogP contribution is 2.25. The summed E-state index contributed by atoms with van der Waals surface area (Å²) < 4.78 is 10.6. The number of allylic oxidation sites excluding steroid dienone is 2. The molecule has 1 fully saturated rings. The van der Waals surface area contributed by atoms with Crippen molar-refractivity contribution in [2.75, 3.05) is 26.4 Å². The fourth-order valence-electron chi connectivity index (χ4n) is 10.8. The number of esters is 2. The maximum atomic E-state index is 12.5. The third kappa shape index (κ3) is 46.8. The van der Waals surface area contributed by atoms with E-state index in [9.17, 15) is 19.8 Å². The van der Waals surface area contributed by atoms with E-state index < -0.39 is 36.5 Å². The van der Waals surface area contributed by atoms with E-state index in [1.165, 1.54) is 315 Å². The molecule has 1 aliphatic rings. The lowest BCUT2D eigenvalue weighted by Gasteiger charge is -2.27. The van der Waals surface area contributed by atoms with Crippen LogP contribution >= 0.6 is 0 Å². The van der Waals surface area contributed by atoms with E-state index in [2.05, 4.69) is 19.1 Å². The molecule has 0 aromatic heterocycles. The number of carbonyl (C=O) groups is 2. The Labute approximate surface area is 443 Å². The van der Waals surface area contributed by atoms with E-state index in [1.807, 2.05) is 0 Å². The third-order valence-electron chi connectivity index (χ3n) is 16.0. The third-order valence-corrected chi connectivity index (χ3v) is 16.0. The van der Waals surface area contributed by atoms with Crippen LogP contribution in [-0.2, 0) is 19.1 Å². The molecule has 0 bridgehead atoms. The van der Waals surface area contributed by atoms with Crippen molar-refractivity contribution in [2.45, 2.75) is 354 Å². The zero-order chi connectivity index (χ0) is 51.1. The Bertz CT molecular complexity index is 1120. The number of rotatable bonds is 56. The fraction of sp³-hybridized carbons (Fsp3) is 0.938. The molecule has 1 aliphatic heterocycles. The van der Waals surface area contributed by atoms with Crippen molar-refractivity contribution < 1.29 is 29.3 Å². The van der Waals surface area contributed by atoms with Gasteiger partial charge in [-0.25, -0.2) is 0 Å². The van der Waals surface area contributed by atoms with E-state index in [0.29, 0.717) is 6.42 Å². The van der Waals surface area contributed by atoms with Crippen molar-refractivity contribution >= 4 is 11.9 Å². The molecule has 0 aliphatic carbocycles. The van der Waals surface area contributed by atoms with Crippen LogP contribution in [0.1, 0.15) is 354 Å². The van der Waals surface area contributed by atoms with Crippen molar-refractivity contribution in [1.29, 1.82) is 0 Å². The lowest BCUT2D eigenvalue weighted by atomic mass is 9.92. The van der Waals surface area contributed by atoms with Gasteiger partial charge < -0.3 is 19.7 Å². The smallest absolute Gasteiger partial charge is 0.309 e. The molecule has 0 aromatic rings. The molecule has 2 N–H and O–H groups in total. The normalized spacial score (nSPS) is 15.3. The van der Waals surface area contributed by atoms with Gasteiger partial charge in [0.25, 0.3) is 0 Å². The minimum atomic E-state index is -1.12. The average molecular weight is 1000 g/mol. The maximum Gasteiger partial charge on any atom is 0.309 e. The first-order valence-corrected chi connectivity index (χ1v) is 32.3. The van der Waals surface area contributed by atoms with Crippen molar-refractivity contribution in [3.63, 3.8) is 0 Å². The molecule has 0 amide bonds. The molecular formula is C65H124O6. The number of unbranched alkanes of at least 4 members (excludes halogenated alkanes) is 50. The van der Waals surface area contributed by atoms with Crippen LogP contribution < -0.4 is 0 Å². The van der Waals surface area contributed by atoms with Gasteiger partial charge in [0.15, 0.2) is 0 Å². The van der Waals surface area contributed by atoms with E-state index >= 15 is 0 Å². The van der Waals surface area contributed by atoms with Gasteiger partial charge in [0, 0.05) is 0 Å². The predicted molar refractivity (Wildman–Crippen MR) is 306 cm³/mol. The summed E-state index contributed by atoms with van der Waals surface area (Å²) in [5, 5.41) is 19.2. The highest BCUT2D eigenvalue weighted by Gasteiger charge is 2.36. The summed E-state index contributed by atoms with van der Waals surface area (Å²) in [5.74, 6) is -1.40. The molecule has 0 aromatic carbocycles. The number of cyclic esters (lactones) is 2. The first kappa shape index (κ1) is 67.6. The van der Waals surface area contributed by atoms with Crippen LogP contribution in [-0.4, -0.2) is 48.6 Å². The summed E-state index contributed by atoms with van der Waals surface area (Å²) in [6, 6.07) is 0. The van der Waals surface area contributed by atoms with E-state index in [0.717, 1.165) is 19.3 Å². The van der Waals surface area contributed by atoms with Crippen LogP contribution in [0.5, 0.6) is 0 Å². The molecule has 0 saturated carbocycles. The second-order valence-electron chi connectivity index (χ2n) is 23.1. The lowest BCUT2D eigenvalue weighted by molar-refractivity contribution is -0.155. The van der Waals surface area contributed by atoms with Crippen LogP contribution in [0.3, 0.4) is 0 Å². The monoisotopic (exact) mass is 1000 g/mol. The van der Waals surface area contributed by atoms with Gasteiger partial charge in [-0.2, -0.15) is 0 Å². The van der Waals surface area contributed by atoms with Crippen LogP contribution in [0.4, 0.5) is 0 Å². The van der Waals surface area contributed by atoms with E-state index in [4.69, 9.17) is 9.47 Å². The number of hydrogen-bond donors (Lipinski definition) is 2. The minimum absolute atomic E-state index is 0.00511. The number of aliphatic hydroxyl groups is 2. The Morgan fingerprint density at radius 2 is 0.606 bits per heavy atom. The first-order chi connectivity index (χ1) is 35.1. The number of ether oxygens (including phenoxy) is 2. The maximum absolute atomic E-state index is 12.5. The SMILES string of the molecule is CCCCCCCCCCC/C=C/CCCCCCCCCCCCCCCCCCCCCCCCCCCCCCCCCCCCCCCCCCCC1CC(=O)OCC(CO)(CO)COC1=O. The Balaban J connectivity index is 1.67. The average Bonchev–Trinajstić information content (AvgIpc) is 3.44. The van der Waals surface area contributed by atoms with Gasteiger partial charge in [-0.05, 0) is 32.1 Å². The largest absolute Gasteiger partial charge is 0.465 e. The van der Waals surface area contributed by atoms with Gasteiger partial charge in [-0.1, -0.05) is 327 Å². The van der Waals surface area contributed by atoms with Gasteiger partial charge >= 0.3 is 11.9 Å². The highest BCUT2D eigenvalue weighted by molar-refractivity contribution is 5.80.